The molecule has 0 aromatic carbocycles. The standard InChI is InChI=1S/C8H15NO2/c1-6(2)8(5-10)3-4-9-7(8)11/h6,10H,3-5H2,1-2H3,(H,9,11). The number of amides is 1. The monoisotopic (exact) mass is 157 g/mol. The second-order valence-electron chi connectivity index (χ2n) is 3.47. The summed E-state index contributed by atoms with van der Waals surface area (Å²) in [7, 11) is 0. The Bertz CT molecular complexity index is 167. The topological polar surface area (TPSA) is 49.3 Å². The third-order valence-electron chi connectivity index (χ3n) is 2.70. The van der Waals surface area contributed by atoms with Crippen LogP contribution in [0.3, 0.4) is 0 Å². The Morgan fingerprint density at radius 1 is 1.73 bits per heavy atom. The first-order valence-corrected chi connectivity index (χ1v) is 4.02. The molecule has 2 N–H and O–H groups in total. The normalized spacial score (nSPS) is 31.1. The minimum absolute atomic E-state index is 0.00926. The highest BCUT2D eigenvalue weighted by Crippen LogP contribution is 2.34. The fourth-order valence-electron chi connectivity index (χ4n) is 1.57. The lowest BCUT2D eigenvalue weighted by Crippen LogP contribution is -2.39. The Kier molecular flexibility index (Phi) is 2.18. The number of carbonyl (C=O) groups is 1. The molecule has 0 aromatic rings. The molecule has 0 aliphatic carbocycles. The van der Waals surface area contributed by atoms with E-state index in [1.165, 1.54) is 0 Å². The molecule has 1 saturated heterocycles. The van der Waals surface area contributed by atoms with Crippen molar-refractivity contribution in [2.24, 2.45) is 11.3 Å². The molecule has 64 valence electrons. The second kappa shape index (κ2) is 2.81. The van der Waals surface area contributed by atoms with Crippen LogP contribution in [-0.4, -0.2) is 24.2 Å². The first-order chi connectivity index (χ1) is 5.13. The van der Waals surface area contributed by atoms with E-state index in [1.54, 1.807) is 0 Å². The molecule has 11 heavy (non-hydrogen) atoms. The summed E-state index contributed by atoms with van der Waals surface area (Å²) in [6, 6.07) is 0. The van der Waals surface area contributed by atoms with Crippen molar-refractivity contribution in [3.8, 4) is 0 Å². The van der Waals surface area contributed by atoms with Gasteiger partial charge in [-0.15, -0.1) is 0 Å². The van der Waals surface area contributed by atoms with Crippen molar-refractivity contribution in [3.05, 3.63) is 0 Å². The highest BCUT2D eigenvalue weighted by atomic mass is 16.3. The maximum Gasteiger partial charge on any atom is 0.228 e. The number of hydrogen-bond donors (Lipinski definition) is 2. The first kappa shape index (κ1) is 8.53. The van der Waals surface area contributed by atoms with Crippen LogP contribution in [0.15, 0.2) is 0 Å². The Hall–Kier alpha value is -0.570. The highest BCUT2D eigenvalue weighted by Gasteiger charge is 2.44. The number of hydrogen-bond acceptors (Lipinski definition) is 2. The third-order valence-corrected chi connectivity index (χ3v) is 2.70. The van der Waals surface area contributed by atoms with Crippen molar-refractivity contribution in [1.82, 2.24) is 5.32 Å². The van der Waals surface area contributed by atoms with Crippen LogP contribution >= 0.6 is 0 Å². The molecule has 0 bridgehead atoms. The summed E-state index contributed by atoms with van der Waals surface area (Å²) in [4.78, 5) is 11.3. The molecule has 1 fully saturated rings. The third kappa shape index (κ3) is 1.13. The molecule has 0 saturated carbocycles. The molecule has 3 heteroatoms. The fraction of sp³-hybridized carbons (Fsp3) is 0.875. The summed E-state index contributed by atoms with van der Waals surface area (Å²) in [5.74, 6) is 0.227. The summed E-state index contributed by atoms with van der Waals surface area (Å²) in [6.07, 6.45) is 0.764. The molecule has 3 nitrogen and oxygen atoms in total. The molecule has 1 amide bonds. The van der Waals surface area contributed by atoms with Crippen molar-refractivity contribution in [2.75, 3.05) is 13.2 Å². The average molecular weight is 157 g/mol. The van der Waals surface area contributed by atoms with Gasteiger partial charge in [-0.3, -0.25) is 4.79 Å². The number of aliphatic hydroxyl groups excluding tert-OH is 1. The fourth-order valence-corrected chi connectivity index (χ4v) is 1.57. The summed E-state index contributed by atoms with van der Waals surface area (Å²) in [5.41, 5.74) is -0.500. The molecule has 1 aliphatic rings. The van der Waals surface area contributed by atoms with Gasteiger partial charge in [0, 0.05) is 6.54 Å². The van der Waals surface area contributed by atoms with Gasteiger partial charge in [-0.2, -0.15) is 0 Å². The molecule has 0 spiro atoms. The Morgan fingerprint density at radius 3 is 2.55 bits per heavy atom. The highest BCUT2D eigenvalue weighted by molar-refractivity contribution is 5.85. The predicted octanol–water partition coefficient (Wildman–Crippen LogP) is 0.141. The van der Waals surface area contributed by atoms with Crippen LogP contribution in [0.5, 0.6) is 0 Å². The summed E-state index contributed by atoms with van der Waals surface area (Å²) < 4.78 is 0. The Balaban J connectivity index is 2.82. The largest absolute Gasteiger partial charge is 0.395 e. The number of aliphatic hydroxyl groups is 1. The average Bonchev–Trinajstić information content (AvgIpc) is 2.32. The molecule has 0 radical (unpaired) electrons. The van der Waals surface area contributed by atoms with Gasteiger partial charge in [0.1, 0.15) is 0 Å². The Labute approximate surface area is 66.8 Å². The van der Waals surface area contributed by atoms with Crippen molar-refractivity contribution < 1.29 is 9.90 Å². The quantitative estimate of drug-likeness (QED) is 0.599. The molecule has 1 atom stereocenters. The van der Waals surface area contributed by atoms with Crippen LogP contribution in [-0.2, 0) is 4.79 Å². The van der Waals surface area contributed by atoms with E-state index in [0.717, 1.165) is 6.42 Å². The minimum Gasteiger partial charge on any atom is -0.395 e. The lowest BCUT2D eigenvalue weighted by molar-refractivity contribution is -0.132. The molecular weight excluding hydrogens is 142 g/mol. The van der Waals surface area contributed by atoms with Gasteiger partial charge in [0.05, 0.1) is 12.0 Å². The first-order valence-electron chi connectivity index (χ1n) is 4.02. The van der Waals surface area contributed by atoms with Crippen molar-refractivity contribution in [1.29, 1.82) is 0 Å². The van der Waals surface area contributed by atoms with Gasteiger partial charge in [-0.05, 0) is 12.3 Å². The van der Waals surface area contributed by atoms with Crippen LogP contribution < -0.4 is 5.32 Å². The van der Waals surface area contributed by atoms with Crippen LogP contribution in [0.4, 0.5) is 0 Å². The van der Waals surface area contributed by atoms with E-state index in [9.17, 15) is 4.79 Å². The summed E-state index contributed by atoms with van der Waals surface area (Å²) >= 11 is 0. The van der Waals surface area contributed by atoms with Gasteiger partial charge < -0.3 is 10.4 Å². The van der Waals surface area contributed by atoms with Crippen LogP contribution in [0, 0.1) is 11.3 Å². The lowest BCUT2D eigenvalue weighted by Gasteiger charge is -2.27. The van der Waals surface area contributed by atoms with Crippen LogP contribution in [0.2, 0.25) is 0 Å². The number of nitrogens with one attached hydrogen (secondary N) is 1. The van der Waals surface area contributed by atoms with Gasteiger partial charge in [0.15, 0.2) is 0 Å². The van der Waals surface area contributed by atoms with Crippen molar-refractivity contribution >= 4 is 5.91 Å². The Morgan fingerprint density at radius 2 is 2.36 bits per heavy atom. The summed E-state index contributed by atoms with van der Waals surface area (Å²) in [5, 5.41) is 11.8. The van der Waals surface area contributed by atoms with Gasteiger partial charge in [0.2, 0.25) is 5.91 Å². The summed E-state index contributed by atoms with van der Waals surface area (Å²) in [6.45, 7) is 4.62. The zero-order valence-corrected chi connectivity index (χ0v) is 7.05. The molecule has 1 unspecified atom stereocenters. The molecular formula is C8H15NO2. The van der Waals surface area contributed by atoms with Gasteiger partial charge in [-0.25, -0.2) is 0 Å². The maximum atomic E-state index is 11.3. The minimum atomic E-state index is -0.500. The van der Waals surface area contributed by atoms with Crippen LogP contribution in [0.25, 0.3) is 0 Å². The molecule has 0 aromatic heterocycles. The number of rotatable bonds is 2. The van der Waals surface area contributed by atoms with E-state index in [4.69, 9.17) is 5.11 Å². The van der Waals surface area contributed by atoms with Gasteiger partial charge >= 0.3 is 0 Å². The smallest absolute Gasteiger partial charge is 0.228 e. The predicted molar refractivity (Wildman–Crippen MR) is 42.0 cm³/mol. The van der Waals surface area contributed by atoms with E-state index >= 15 is 0 Å². The van der Waals surface area contributed by atoms with E-state index in [0.29, 0.717) is 6.54 Å². The maximum absolute atomic E-state index is 11.3. The van der Waals surface area contributed by atoms with Gasteiger partial charge in [-0.1, -0.05) is 13.8 Å². The molecule has 1 aliphatic heterocycles. The second-order valence-corrected chi connectivity index (χ2v) is 3.47. The van der Waals surface area contributed by atoms with E-state index in [2.05, 4.69) is 5.32 Å². The van der Waals surface area contributed by atoms with Gasteiger partial charge in [0.25, 0.3) is 0 Å². The molecule has 1 rings (SSSR count). The van der Waals surface area contributed by atoms with E-state index < -0.39 is 5.41 Å². The molecule has 1 heterocycles. The SMILES string of the molecule is CC(C)C1(CO)CCNC1=O. The zero-order valence-electron chi connectivity index (χ0n) is 7.05. The lowest BCUT2D eigenvalue weighted by atomic mass is 9.77. The zero-order chi connectivity index (χ0) is 8.48. The number of carbonyl (C=O) groups excluding carboxylic acids is 1. The van der Waals surface area contributed by atoms with E-state index in [1.807, 2.05) is 13.8 Å². The van der Waals surface area contributed by atoms with Crippen LogP contribution in [0.1, 0.15) is 20.3 Å². The van der Waals surface area contributed by atoms with E-state index in [-0.39, 0.29) is 18.4 Å². The van der Waals surface area contributed by atoms with Crippen molar-refractivity contribution in [3.63, 3.8) is 0 Å². The van der Waals surface area contributed by atoms with Crippen molar-refractivity contribution in [2.45, 2.75) is 20.3 Å².